The zero-order valence-corrected chi connectivity index (χ0v) is 17.8. The summed E-state index contributed by atoms with van der Waals surface area (Å²) in [6.07, 6.45) is -1.19. The van der Waals surface area contributed by atoms with Crippen molar-refractivity contribution in [2.75, 3.05) is 0 Å². The highest BCUT2D eigenvalue weighted by Crippen LogP contribution is 2.30. The Morgan fingerprint density at radius 2 is 1.90 bits per heavy atom. The molecule has 2 aromatic rings. The van der Waals surface area contributed by atoms with Gasteiger partial charge in [-0.2, -0.15) is 8.78 Å². The quantitative estimate of drug-likeness (QED) is 0.471. The van der Waals surface area contributed by atoms with Crippen LogP contribution in [0.5, 0.6) is 0 Å². The number of carbonyl (C=O) groups excluding carboxylic acids is 2. The summed E-state index contributed by atoms with van der Waals surface area (Å²) in [5.41, 5.74) is 0.334. The molecule has 0 saturated heterocycles. The van der Waals surface area contributed by atoms with Gasteiger partial charge >= 0.3 is 17.0 Å². The molecule has 0 aliphatic rings. The van der Waals surface area contributed by atoms with Crippen molar-refractivity contribution < 1.29 is 27.5 Å². The van der Waals surface area contributed by atoms with Gasteiger partial charge in [-0.05, 0) is 46.1 Å². The topological polar surface area (TPSA) is 113 Å². The molecule has 8 nitrogen and oxygen atoms in total. The minimum Gasteiger partial charge on any atom is -0.449 e. The minimum absolute atomic E-state index is 0.0703. The fourth-order valence-electron chi connectivity index (χ4n) is 2.52. The monoisotopic (exact) mass is 511 g/mol. The van der Waals surface area contributed by atoms with Crippen LogP contribution in [-0.4, -0.2) is 27.1 Å². The first-order valence-corrected chi connectivity index (χ1v) is 9.36. The van der Waals surface area contributed by atoms with E-state index in [9.17, 15) is 32.3 Å². The van der Waals surface area contributed by atoms with Gasteiger partial charge in [0.05, 0.1) is 11.3 Å². The normalized spacial score (nSPS) is 12.5. The van der Waals surface area contributed by atoms with Crippen LogP contribution in [0.2, 0.25) is 0 Å². The molecule has 1 amide bonds. The molecule has 1 atom stereocenters. The van der Waals surface area contributed by atoms with Gasteiger partial charge in [-0.3, -0.25) is 14.2 Å². The van der Waals surface area contributed by atoms with Crippen LogP contribution in [0.4, 0.5) is 13.2 Å². The highest BCUT2D eigenvalue weighted by Gasteiger charge is 2.33. The van der Waals surface area contributed by atoms with Gasteiger partial charge in [0.15, 0.2) is 6.10 Å². The molecule has 1 aromatic carbocycles. The lowest BCUT2D eigenvalue weighted by atomic mass is 10.1. The van der Waals surface area contributed by atoms with Gasteiger partial charge in [0.25, 0.3) is 11.5 Å². The Kier molecular flexibility index (Phi) is 6.82. The second-order valence-electron chi connectivity index (χ2n) is 6.03. The van der Waals surface area contributed by atoms with E-state index < -0.39 is 51.8 Å². The van der Waals surface area contributed by atoms with E-state index in [1.807, 2.05) is 0 Å². The summed E-state index contributed by atoms with van der Waals surface area (Å²) in [6, 6.07) is 1.94. The lowest BCUT2D eigenvalue weighted by Crippen LogP contribution is -2.41. The van der Waals surface area contributed by atoms with Crippen molar-refractivity contribution in [3.05, 3.63) is 60.6 Å². The fourth-order valence-corrected chi connectivity index (χ4v) is 3.18. The highest BCUT2D eigenvalue weighted by molar-refractivity contribution is 9.10. The van der Waals surface area contributed by atoms with Crippen molar-refractivity contribution in [1.82, 2.24) is 9.13 Å². The van der Waals surface area contributed by atoms with Crippen LogP contribution in [0.15, 0.2) is 32.3 Å². The number of primary amides is 1. The number of nitrogens with zero attached hydrogens (tertiary/aromatic N) is 2. The van der Waals surface area contributed by atoms with Crippen molar-refractivity contribution >= 4 is 39.4 Å². The standard InChI is InChI=1S/C17H14BrClF3N3O5/c1-3-11(14(23)27)30-15(28)7-4-10(9(20)5-8(7)18)25-13(26)6-12(17(19,21)22)24(2)16(25)29/h4-6,11H,3H2,1-2H3,(H2,23,27). The average Bonchev–Trinajstić information content (AvgIpc) is 2.62. The van der Waals surface area contributed by atoms with E-state index in [-0.39, 0.29) is 21.0 Å². The van der Waals surface area contributed by atoms with Crippen molar-refractivity contribution in [3.63, 3.8) is 0 Å². The molecule has 13 heteroatoms. The van der Waals surface area contributed by atoms with Crippen molar-refractivity contribution in [1.29, 1.82) is 0 Å². The molecular weight excluding hydrogens is 499 g/mol. The largest absolute Gasteiger partial charge is 0.449 e. The van der Waals surface area contributed by atoms with Gasteiger partial charge in [0.2, 0.25) is 0 Å². The van der Waals surface area contributed by atoms with Crippen LogP contribution < -0.4 is 17.0 Å². The first-order chi connectivity index (χ1) is 13.8. The van der Waals surface area contributed by atoms with E-state index in [0.717, 1.165) is 19.2 Å². The summed E-state index contributed by atoms with van der Waals surface area (Å²) >= 11 is 7.84. The summed E-state index contributed by atoms with van der Waals surface area (Å²) in [4.78, 5) is 48.4. The molecule has 2 rings (SSSR count). The van der Waals surface area contributed by atoms with Gasteiger partial charge in [-0.25, -0.2) is 18.5 Å². The van der Waals surface area contributed by atoms with E-state index in [1.165, 1.54) is 6.92 Å². The van der Waals surface area contributed by atoms with E-state index in [1.54, 1.807) is 0 Å². The average molecular weight is 513 g/mol. The molecule has 30 heavy (non-hydrogen) atoms. The van der Waals surface area contributed by atoms with E-state index >= 15 is 0 Å². The summed E-state index contributed by atoms with van der Waals surface area (Å²) in [6.45, 7) is 1.53. The number of amides is 1. The van der Waals surface area contributed by atoms with Gasteiger partial charge in [0, 0.05) is 17.6 Å². The molecule has 162 valence electrons. The van der Waals surface area contributed by atoms with Gasteiger partial charge in [-0.15, -0.1) is 0 Å². The Morgan fingerprint density at radius 1 is 1.30 bits per heavy atom. The maximum atomic E-state index is 14.5. The second-order valence-corrected chi connectivity index (χ2v) is 7.36. The number of esters is 1. The van der Waals surface area contributed by atoms with Crippen molar-refractivity contribution in [2.24, 2.45) is 12.8 Å². The number of hydrogen-bond acceptors (Lipinski definition) is 5. The zero-order valence-electron chi connectivity index (χ0n) is 15.4. The number of carbonyl (C=O) groups is 2. The molecule has 1 heterocycles. The van der Waals surface area contributed by atoms with E-state index in [2.05, 4.69) is 15.9 Å². The zero-order chi connectivity index (χ0) is 23.0. The number of benzene rings is 1. The SMILES string of the molecule is CCC(OC(=O)c1cc(-n2c(=O)cc(C(F)(F)Cl)n(C)c2=O)c(F)cc1Br)C(N)=O. The first kappa shape index (κ1) is 23.7. The van der Waals surface area contributed by atoms with E-state index in [0.29, 0.717) is 10.6 Å². The minimum atomic E-state index is -4.02. The van der Waals surface area contributed by atoms with Crippen LogP contribution in [0.25, 0.3) is 5.69 Å². The van der Waals surface area contributed by atoms with Crippen molar-refractivity contribution in [2.45, 2.75) is 24.8 Å². The third kappa shape index (κ3) is 4.59. The Hall–Kier alpha value is -2.60. The van der Waals surface area contributed by atoms with Crippen LogP contribution in [-0.2, 0) is 22.0 Å². The smallest absolute Gasteiger partial charge is 0.363 e. The summed E-state index contributed by atoms with van der Waals surface area (Å²) in [5.74, 6) is -3.13. The van der Waals surface area contributed by atoms with Crippen molar-refractivity contribution in [3.8, 4) is 5.69 Å². The Morgan fingerprint density at radius 3 is 2.40 bits per heavy atom. The number of nitrogens with two attached hydrogens (primary N) is 1. The summed E-state index contributed by atoms with van der Waals surface area (Å²) < 4.78 is 46.8. The highest BCUT2D eigenvalue weighted by atomic mass is 79.9. The van der Waals surface area contributed by atoms with Crippen LogP contribution in [0.3, 0.4) is 0 Å². The number of alkyl halides is 3. The van der Waals surface area contributed by atoms with Gasteiger partial charge < -0.3 is 10.5 Å². The fraction of sp³-hybridized carbons (Fsp3) is 0.294. The molecule has 0 fully saturated rings. The van der Waals surface area contributed by atoms with Crippen LogP contribution in [0.1, 0.15) is 29.4 Å². The number of halogens is 5. The van der Waals surface area contributed by atoms with Gasteiger partial charge in [-0.1, -0.05) is 6.92 Å². The molecule has 0 spiro atoms. The predicted octanol–water partition coefficient (Wildman–Crippen LogP) is 2.15. The Bertz CT molecular complexity index is 1140. The number of rotatable bonds is 6. The third-order valence-corrected chi connectivity index (χ3v) is 4.90. The molecule has 1 unspecified atom stereocenters. The Labute approximate surface area is 180 Å². The lowest BCUT2D eigenvalue weighted by Gasteiger charge is -2.17. The second kappa shape index (κ2) is 8.64. The molecule has 1 aromatic heterocycles. The predicted molar refractivity (Wildman–Crippen MR) is 103 cm³/mol. The third-order valence-electron chi connectivity index (χ3n) is 4.05. The first-order valence-electron chi connectivity index (χ1n) is 8.19. The summed E-state index contributed by atoms with van der Waals surface area (Å²) in [5, 5.41) is -4.02. The number of hydrogen-bond donors (Lipinski definition) is 1. The molecule has 0 aliphatic heterocycles. The van der Waals surface area contributed by atoms with Crippen LogP contribution >= 0.6 is 27.5 Å². The molecule has 0 radical (unpaired) electrons. The lowest BCUT2D eigenvalue weighted by molar-refractivity contribution is -0.126. The molecule has 0 bridgehead atoms. The maximum absolute atomic E-state index is 14.5. The maximum Gasteiger partial charge on any atom is 0.363 e. The number of ether oxygens (including phenoxy) is 1. The van der Waals surface area contributed by atoms with Crippen LogP contribution in [0, 0.1) is 5.82 Å². The number of aromatic nitrogens is 2. The van der Waals surface area contributed by atoms with Gasteiger partial charge in [0.1, 0.15) is 11.5 Å². The molecule has 0 aliphatic carbocycles. The summed E-state index contributed by atoms with van der Waals surface area (Å²) in [7, 11) is 0.911. The Balaban J connectivity index is 2.68. The molecule has 2 N–H and O–H groups in total. The van der Waals surface area contributed by atoms with E-state index in [4.69, 9.17) is 22.1 Å². The molecule has 0 saturated carbocycles. The molecular formula is C17H14BrClF3N3O5.